The molecule has 6 heteroatoms. The Morgan fingerprint density at radius 3 is 2.68 bits per heavy atom. The molecule has 0 radical (unpaired) electrons. The van der Waals surface area contributed by atoms with Gasteiger partial charge < -0.3 is 0 Å². The molecule has 0 aliphatic heterocycles. The average molecular weight is 257 g/mol. The molecule has 2 heterocycles. The summed E-state index contributed by atoms with van der Waals surface area (Å²) in [6.45, 7) is 0.410. The van der Waals surface area contributed by atoms with Crippen molar-refractivity contribution in [2.75, 3.05) is 0 Å². The largest absolute Gasteiger partial charge is 0.332 e. The number of nitrogens with one attached hydrogen (secondary N) is 2. The van der Waals surface area contributed by atoms with E-state index in [-0.39, 0.29) is 5.56 Å². The maximum atomic E-state index is 11.9. The van der Waals surface area contributed by atoms with E-state index in [1.165, 1.54) is 4.57 Å². The SMILES string of the molecule is C[n+]1c[nH]c2c1c(=O)[nH]c(=O)n2Cc1ccccc1. The molecule has 1 aromatic carbocycles. The quantitative estimate of drug-likeness (QED) is 0.629. The van der Waals surface area contributed by atoms with Crippen molar-refractivity contribution in [3.63, 3.8) is 0 Å². The molecule has 96 valence electrons. The van der Waals surface area contributed by atoms with E-state index in [9.17, 15) is 9.59 Å². The van der Waals surface area contributed by atoms with Crippen LogP contribution in [0.2, 0.25) is 0 Å². The molecular formula is C13H13N4O2+. The van der Waals surface area contributed by atoms with Gasteiger partial charge in [-0.3, -0.25) is 14.3 Å². The van der Waals surface area contributed by atoms with Crippen LogP contribution in [0.4, 0.5) is 0 Å². The minimum Gasteiger partial charge on any atom is -0.270 e. The first-order valence-electron chi connectivity index (χ1n) is 5.90. The predicted octanol–water partition coefficient (Wildman–Crippen LogP) is -0.109. The zero-order valence-electron chi connectivity index (χ0n) is 10.4. The van der Waals surface area contributed by atoms with E-state index in [1.807, 2.05) is 30.3 Å². The Morgan fingerprint density at radius 1 is 1.21 bits per heavy atom. The molecule has 2 aromatic heterocycles. The van der Waals surface area contributed by atoms with E-state index >= 15 is 0 Å². The third kappa shape index (κ3) is 1.87. The molecule has 0 spiro atoms. The molecule has 0 atom stereocenters. The highest BCUT2D eigenvalue weighted by Crippen LogP contribution is 2.04. The van der Waals surface area contributed by atoms with E-state index in [2.05, 4.69) is 9.97 Å². The summed E-state index contributed by atoms with van der Waals surface area (Å²) >= 11 is 0. The third-order valence-corrected chi connectivity index (χ3v) is 3.11. The molecule has 6 nitrogen and oxygen atoms in total. The van der Waals surface area contributed by atoms with Gasteiger partial charge in [-0.1, -0.05) is 30.3 Å². The highest BCUT2D eigenvalue weighted by Gasteiger charge is 2.17. The van der Waals surface area contributed by atoms with Crippen molar-refractivity contribution in [2.24, 2.45) is 7.05 Å². The first-order chi connectivity index (χ1) is 9.16. The number of H-pyrrole nitrogens is 2. The summed E-state index contributed by atoms with van der Waals surface area (Å²) in [4.78, 5) is 29.0. The van der Waals surface area contributed by atoms with E-state index in [4.69, 9.17) is 0 Å². The van der Waals surface area contributed by atoms with Gasteiger partial charge in [-0.05, 0) is 5.56 Å². The first kappa shape index (κ1) is 11.5. The normalized spacial score (nSPS) is 11.0. The molecule has 0 saturated heterocycles. The molecule has 0 aliphatic rings. The van der Waals surface area contributed by atoms with Crippen molar-refractivity contribution in [3.8, 4) is 0 Å². The molecule has 0 bridgehead atoms. The van der Waals surface area contributed by atoms with Crippen molar-refractivity contribution in [1.82, 2.24) is 14.5 Å². The summed E-state index contributed by atoms with van der Waals surface area (Å²) in [6.07, 6.45) is 1.65. The second-order valence-corrected chi connectivity index (χ2v) is 4.41. The van der Waals surface area contributed by atoms with Crippen LogP contribution in [0.1, 0.15) is 5.56 Å². The average Bonchev–Trinajstić information content (AvgIpc) is 2.78. The second-order valence-electron chi connectivity index (χ2n) is 4.41. The lowest BCUT2D eigenvalue weighted by Crippen LogP contribution is -2.37. The van der Waals surface area contributed by atoms with E-state index in [0.29, 0.717) is 17.7 Å². The van der Waals surface area contributed by atoms with Gasteiger partial charge in [0.25, 0.3) is 11.2 Å². The summed E-state index contributed by atoms with van der Waals surface area (Å²) in [5.74, 6) is 0. The number of nitrogens with zero attached hydrogens (tertiary/aromatic N) is 2. The number of benzene rings is 1. The van der Waals surface area contributed by atoms with Crippen molar-refractivity contribution in [2.45, 2.75) is 6.54 Å². The van der Waals surface area contributed by atoms with Gasteiger partial charge in [-0.25, -0.2) is 14.3 Å². The van der Waals surface area contributed by atoms with Crippen LogP contribution < -0.4 is 15.8 Å². The van der Waals surface area contributed by atoms with E-state index in [0.717, 1.165) is 5.56 Å². The minimum atomic E-state index is -0.413. The molecule has 0 aliphatic carbocycles. The first-order valence-corrected chi connectivity index (χ1v) is 5.90. The minimum absolute atomic E-state index is 0.381. The number of aromatic amines is 2. The van der Waals surface area contributed by atoms with Crippen molar-refractivity contribution in [3.05, 3.63) is 63.1 Å². The van der Waals surface area contributed by atoms with Crippen LogP contribution in [0, 0.1) is 0 Å². The summed E-state index contributed by atoms with van der Waals surface area (Å²) in [6, 6.07) is 9.62. The highest BCUT2D eigenvalue weighted by molar-refractivity contribution is 5.64. The summed E-state index contributed by atoms with van der Waals surface area (Å²) in [5, 5.41) is 0. The zero-order valence-corrected chi connectivity index (χ0v) is 10.4. The summed E-state index contributed by atoms with van der Waals surface area (Å²) < 4.78 is 3.18. The second kappa shape index (κ2) is 4.24. The van der Waals surface area contributed by atoms with Gasteiger partial charge >= 0.3 is 11.2 Å². The predicted molar refractivity (Wildman–Crippen MR) is 69.9 cm³/mol. The smallest absolute Gasteiger partial charge is 0.270 e. The maximum Gasteiger partial charge on any atom is 0.332 e. The third-order valence-electron chi connectivity index (χ3n) is 3.11. The molecule has 3 rings (SSSR count). The number of imidazole rings is 1. The lowest BCUT2D eigenvalue weighted by molar-refractivity contribution is -0.645. The number of aryl methyl sites for hydroxylation is 1. The Kier molecular flexibility index (Phi) is 2.56. The lowest BCUT2D eigenvalue weighted by atomic mass is 10.2. The van der Waals surface area contributed by atoms with E-state index in [1.54, 1.807) is 17.9 Å². The highest BCUT2D eigenvalue weighted by atomic mass is 16.2. The van der Waals surface area contributed by atoms with Gasteiger partial charge in [0.05, 0.1) is 13.6 Å². The molecule has 0 fully saturated rings. The summed E-state index contributed by atoms with van der Waals surface area (Å²) in [5.41, 5.74) is 1.18. The summed E-state index contributed by atoms with van der Waals surface area (Å²) in [7, 11) is 1.76. The van der Waals surface area contributed by atoms with Gasteiger partial charge in [-0.15, -0.1) is 0 Å². The molecule has 0 unspecified atom stereocenters. The van der Waals surface area contributed by atoms with Crippen LogP contribution in [0.25, 0.3) is 11.2 Å². The van der Waals surface area contributed by atoms with Gasteiger partial charge in [0, 0.05) is 0 Å². The number of fused-ring (bicyclic) bond motifs is 1. The Balaban J connectivity index is 2.24. The standard InChI is InChI=1S/C13H12N4O2/c1-16-8-14-11-10(16)12(18)15-13(19)17(11)7-9-5-3-2-4-6-9/h2-6,8H,7H2,1H3,(H,15,18,19)/p+1. The number of aromatic nitrogens is 4. The zero-order chi connectivity index (χ0) is 13.4. The Labute approximate surface area is 108 Å². The van der Waals surface area contributed by atoms with E-state index < -0.39 is 5.69 Å². The van der Waals surface area contributed by atoms with Gasteiger partial charge in [0.1, 0.15) is 0 Å². The Bertz CT molecular complexity index is 842. The molecule has 3 aromatic rings. The van der Waals surface area contributed by atoms with Crippen LogP contribution >= 0.6 is 0 Å². The molecule has 0 saturated carbocycles. The molecule has 19 heavy (non-hydrogen) atoms. The maximum absolute atomic E-state index is 11.9. The lowest BCUT2D eigenvalue weighted by Gasteiger charge is -2.04. The fourth-order valence-electron chi connectivity index (χ4n) is 2.17. The van der Waals surface area contributed by atoms with Crippen molar-refractivity contribution >= 4 is 11.2 Å². The fourth-order valence-corrected chi connectivity index (χ4v) is 2.17. The molecular weight excluding hydrogens is 244 g/mol. The molecule has 2 N–H and O–H groups in total. The van der Waals surface area contributed by atoms with Crippen LogP contribution in [-0.4, -0.2) is 14.5 Å². The van der Waals surface area contributed by atoms with Gasteiger partial charge in [0.15, 0.2) is 0 Å². The number of hydrogen-bond acceptors (Lipinski definition) is 2. The Hall–Kier alpha value is -2.63. The monoisotopic (exact) mass is 257 g/mol. The number of hydrogen-bond donors (Lipinski definition) is 2. The van der Waals surface area contributed by atoms with Crippen LogP contribution in [0.5, 0.6) is 0 Å². The fraction of sp³-hybridized carbons (Fsp3) is 0.154. The van der Waals surface area contributed by atoms with Crippen molar-refractivity contribution < 1.29 is 4.57 Å². The van der Waals surface area contributed by atoms with Crippen molar-refractivity contribution in [1.29, 1.82) is 0 Å². The molecule has 0 amide bonds. The van der Waals surface area contributed by atoms with Crippen LogP contribution in [0.15, 0.2) is 46.2 Å². The topological polar surface area (TPSA) is 74.5 Å². The van der Waals surface area contributed by atoms with Crippen LogP contribution in [0.3, 0.4) is 0 Å². The Morgan fingerprint density at radius 2 is 1.95 bits per heavy atom. The van der Waals surface area contributed by atoms with Gasteiger partial charge in [-0.2, -0.15) is 0 Å². The van der Waals surface area contributed by atoms with Crippen LogP contribution in [-0.2, 0) is 13.6 Å². The number of rotatable bonds is 2. The van der Waals surface area contributed by atoms with Gasteiger partial charge in [0.2, 0.25) is 6.33 Å².